The summed E-state index contributed by atoms with van der Waals surface area (Å²) >= 11 is 0. The van der Waals surface area contributed by atoms with E-state index in [1.165, 1.54) is 5.56 Å². The van der Waals surface area contributed by atoms with Crippen LogP contribution in [0.5, 0.6) is 0 Å². The van der Waals surface area contributed by atoms with Crippen LogP contribution in [0.15, 0.2) is 67.3 Å². The van der Waals surface area contributed by atoms with E-state index in [2.05, 4.69) is 17.2 Å². The second-order valence-corrected chi connectivity index (χ2v) is 8.23. The number of aromatic nitrogens is 4. The average Bonchev–Trinajstić information content (AvgIpc) is 3.53. The highest BCUT2D eigenvalue weighted by molar-refractivity contribution is 6.05. The van der Waals surface area contributed by atoms with Crippen LogP contribution in [0.1, 0.15) is 31.4 Å². The Hall–Kier alpha value is -3.94. The molecule has 2 aromatic carbocycles. The summed E-state index contributed by atoms with van der Waals surface area (Å²) in [5.41, 5.74) is 3.62. The molecule has 0 spiro atoms. The molecule has 0 saturated carbocycles. The van der Waals surface area contributed by atoms with Gasteiger partial charge >= 0.3 is 0 Å². The van der Waals surface area contributed by atoms with Crippen LogP contribution in [0.4, 0.5) is 11.6 Å². The molecular weight excluding hydrogens is 416 g/mol. The average molecular weight is 443 g/mol. The van der Waals surface area contributed by atoms with Gasteiger partial charge in [0.05, 0.1) is 23.8 Å². The van der Waals surface area contributed by atoms with Crippen LogP contribution in [0.3, 0.4) is 0 Å². The van der Waals surface area contributed by atoms with Gasteiger partial charge in [0.25, 0.3) is 5.91 Å². The van der Waals surface area contributed by atoms with Gasteiger partial charge in [0, 0.05) is 31.2 Å². The molecule has 1 aliphatic rings. The number of imidazole rings is 2. The molecule has 1 aliphatic heterocycles. The van der Waals surface area contributed by atoms with E-state index in [-0.39, 0.29) is 18.2 Å². The maximum atomic E-state index is 13.4. The number of nitrogens with zero attached hydrogens (tertiary/aromatic N) is 5. The van der Waals surface area contributed by atoms with Crippen molar-refractivity contribution >= 4 is 34.5 Å². The van der Waals surface area contributed by atoms with Crippen LogP contribution in [0.2, 0.25) is 0 Å². The van der Waals surface area contributed by atoms with Crippen LogP contribution < -0.4 is 10.2 Å². The lowest BCUT2D eigenvalue weighted by molar-refractivity contribution is -0.124. The molecule has 0 bridgehead atoms. The number of benzene rings is 2. The summed E-state index contributed by atoms with van der Waals surface area (Å²) in [5.74, 6) is 0.323. The van der Waals surface area contributed by atoms with Crippen molar-refractivity contribution in [3.8, 4) is 0 Å². The fourth-order valence-corrected chi connectivity index (χ4v) is 4.35. The lowest BCUT2D eigenvalue weighted by Crippen LogP contribution is -2.32. The van der Waals surface area contributed by atoms with Gasteiger partial charge in [-0.25, -0.2) is 9.97 Å². The summed E-state index contributed by atoms with van der Waals surface area (Å²) in [6.45, 7) is 3.37. The van der Waals surface area contributed by atoms with Gasteiger partial charge in [-0.1, -0.05) is 31.2 Å². The molecule has 8 heteroatoms. The quantitative estimate of drug-likeness (QED) is 0.450. The third-order valence-electron chi connectivity index (χ3n) is 6.06. The third-order valence-corrected chi connectivity index (χ3v) is 6.06. The minimum atomic E-state index is -0.615. The Morgan fingerprint density at radius 2 is 1.91 bits per heavy atom. The van der Waals surface area contributed by atoms with Gasteiger partial charge in [-0.05, 0) is 42.7 Å². The summed E-state index contributed by atoms with van der Waals surface area (Å²) < 4.78 is 3.90. The molecule has 2 amide bonds. The lowest BCUT2D eigenvalue weighted by atomic mass is 10.1. The molecule has 8 nitrogen and oxygen atoms in total. The largest absolute Gasteiger partial charge is 0.337 e. The molecule has 0 aliphatic carbocycles. The van der Waals surface area contributed by atoms with E-state index >= 15 is 0 Å². The van der Waals surface area contributed by atoms with Crippen LogP contribution in [0, 0.1) is 0 Å². The Morgan fingerprint density at radius 1 is 1.09 bits per heavy atom. The number of hydrogen-bond acceptors (Lipinski definition) is 4. The second-order valence-electron chi connectivity index (χ2n) is 8.23. The van der Waals surface area contributed by atoms with Crippen molar-refractivity contribution in [2.24, 2.45) is 0 Å². The minimum Gasteiger partial charge on any atom is -0.337 e. The van der Waals surface area contributed by atoms with Crippen molar-refractivity contribution in [3.05, 3.63) is 72.8 Å². The molecule has 168 valence electrons. The number of hydrogen-bond donors (Lipinski definition) is 1. The van der Waals surface area contributed by atoms with Crippen LogP contribution in [-0.4, -0.2) is 37.5 Å². The van der Waals surface area contributed by atoms with E-state index in [9.17, 15) is 9.59 Å². The molecule has 0 fully saturated rings. The SMILES string of the molecule is CCc1ccc(NC(=O)C[C@@H]2C(=O)N(CCCn3ccnc3)c3nc4ccccc4n32)cc1. The lowest BCUT2D eigenvalue weighted by Gasteiger charge is -2.16. The van der Waals surface area contributed by atoms with E-state index < -0.39 is 6.04 Å². The first kappa shape index (κ1) is 20.9. The van der Waals surface area contributed by atoms with E-state index in [4.69, 9.17) is 4.98 Å². The van der Waals surface area contributed by atoms with Crippen LogP contribution >= 0.6 is 0 Å². The predicted molar refractivity (Wildman–Crippen MR) is 127 cm³/mol. The summed E-state index contributed by atoms with van der Waals surface area (Å²) in [7, 11) is 0. The van der Waals surface area contributed by atoms with Gasteiger partial charge < -0.3 is 9.88 Å². The molecule has 4 aromatic rings. The number of rotatable bonds is 8. The summed E-state index contributed by atoms with van der Waals surface area (Å²) in [5, 5.41) is 2.93. The molecule has 3 heterocycles. The van der Waals surface area contributed by atoms with E-state index in [1.807, 2.05) is 63.9 Å². The number of fused-ring (bicyclic) bond motifs is 3. The molecule has 33 heavy (non-hydrogen) atoms. The first-order chi connectivity index (χ1) is 16.1. The highest BCUT2D eigenvalue weighted by Gasteiger charge is 2.40. The monoisotopic (exact) mass is 442 g/mol. The Labute approximate surface area is 191 Å². The molecule has 1 atom stereocenters. The molecule has 1 N–H and O–H groups in total. The summed E-state index contributed by atoms with van der Waals surface area (Å²) in [6.07, 6.45) is 7.17. The minimum absolute atomic E-state index is 0.0553. The topological polar surface area (TPSA) is 85.1 Å². The Bertz CT molecular complexity index is 1280. The molecule has 0 radical (unpaired) electrons. The number of anilines is 2. The fourth-order valence-electron chi connectivity index (χ4n) is 4.35. The number of para-hydroxylation sites is 2. The van der Waals surface area contributed by atoms with Gasteiger partial charge in [-0.3, -0.25) is 19.1 Å². The zero-order valence-electron chi connectivity index (χ0n) is 18.5. The highest BCUT2D eigenvalue weighted by Crippen LogP contribution is 2.36. The molecule has 0 saturated heterocycles. The Morgan fingerprint density at radius 3 is 2.67 bits per heavy atom. The van der Waals surface area contributed by atoms with E-state index in [0.29, 0.717) is 12.5 Å². The number of carbonyl (C=O) groups excluding carboxylic acids is 2. The first-order valence-corrected chi connectivity index (χ1v) is 11.3. The van der Waals surface area contributed by atoms with E-state index in [1.54, 1.807) is 17.4 Å². The van der Waals surface area contributed by atoms with Gasteiger partial charge in [-0.2, -0.15) is 0 Å². The van der Waals surface area contributed by atoms with Gasteiger partial charge in [0.2, 0.25) is 11.9 Å². The molecule has 2 aromatic heterocycles. The number of nitrogens with one attached hydrogen (secondary N) is 1. The van der Waals surface area contributed by atoms with Gasteiger partial charge in [-0.15, -0.1) is 0 Å². The van der Waals surface area contributed by atoms with E-state index in [0.717, 1.165) is 36.1 Å². The predicted octanol–water partition coefficient (Wildman–Crippen LogP) is 3.80. The standard InChI is InChI=1S/C25H26N6O2/c1-2-18-8-10-19(11-9-18)27-23(32)16-22-24(33)30(14-5-13-29-15-12-26-17-29)25-28-20-6-3-4-7-21(20)31(22)25/h3-4,6-12,15,17,22H,2,5,13-14,16H2,1H3,(H,27,32)/t22-/m1/s1. The smallest absolute Gasteiger partial charge is 0.253 e. The van der Waals surface area contributed by atoms with Crippen LogP contribution in [-0.2, 0) is 22.6 Å². The molecule has 0 unspecified atom stereocenters. The zero-order chi connectivity index (χ0) is 22.8. The van der Waals surface area contributed by atoms with Crippen molar-refractivity contribution in [3.63, 3.8) is 0 Å². The first-order valence-electron chi connectivity index (χ1n) is 11.3. The molecule has 5 rings (SSSR count). The summed E-state index contributed by atoms with van der Waals surface area (Å²) in [4.78, 5) is 36.8. The third kappa shape index (κ3) is 4.11. The normalized spacial score (nSPS) is 15.2. The number of amides is 2. The van der Waals surface area contributed by atoms with Crippen molar-refractivity contribution in [2.45, 2.75) is 38.8 Å². The Kier molecular flexibility index (Phi) is 5.64. The van der Waals surface area contributed by atoms with Gasteiger partial charge in [0.15, 0.2) is 0 Å². The van der Waals surface area contributed by atoms with Crippen LogP contribution in [0.25, 0.3) is 11.0 Å². The van der Waals surface area contributed by atoms with Gasteiger partial charge in [0.1, 0.15) is 6.04 Å². The number of aryl methyl sites for hydroxylation is 2. The zero-order valence-corrected chi connectivity index (χ0v) is 18.5. The summed E-state index contributed by atoms with van der Waals surface area (Å²) in [6, 6.07) is 14.9. The fraction of sp³-hybridized carbons (Fsp3) is 0.280. The number of carbonyl (C=O) groups is 2. The molecular formula is C25H26N6O2. The second kappa shape index (κ2) is 8.90. The van der Waals surface area contributed by atoms with Crippen molar-refractivity contribution in [2.75, 3.05) is 16.8 Å². The maximum absolute atomic E-state index is 13.4. The van der Waals surface area contributed by atoms with Crippen molar-refractivity contribution in [1.29, 1.82) is 0 Å². The Balaban J connectivity index is 1.36. The van der Waals surface area contributed by atoms with Crippen molar-refractivity contribution < 1.29 is 9.59 Å². The van der Waals surface area contributed by atoms with Crippen molar-refractivity contribution in [1.82, 2.24) is 19.1 Å². The maximum Gasteiger partial charge on any atom is 0.253 e. The highest BCUT2D eigenvalue weighted by atomic mass is 16.2.